The smallest absolute Gasteiger partial charge is 0.423 e. The number of benzene rings is 1. The zero-order valence-electron chi connectivity index (χ0n) is 13.7. The van der Waals surface area contributed by atoms with Gasteiger partial charge in [0.15, 0.2) is 0 Å². The third-order valence-electron chi connectivity index (χ3n) is 4.17. The first kappa shape index (κ1) is 16.7. The second-order valence-electron chi connectivity index (χ2n) is 6.53. The molecule has 0 saturated carbocycles. The fourth-order valence-corrected chi connectivity index (χ4v) is 1.99. The Balaban J connectivity index is 2.23. The first-order valence-corrected chi connectivity index (χ1v) is 7.31. The molecule has 0 saturated heterocycles. The summed E-state index contributed by atoms with van der Waals surface area (Å²) in [6.07, 6.45) is 3.58. The van der Waals surface area contributed by atoms with Crippen molar-refractivity contribution in [1.29, 1.82) is 0 Å². The molecule has 0 unspecified atom stereocenters. The van der Waals surface area contributed by atoms with Crippen LogP contribution in [0.4, 0.5) is 0 Å². The van der Waals surface area contributed by atoms with E-state index in [1.54, 1.807) is 38.6 Å². The van der Waals surface area contributed by atoms with Crippen LogP contribution in [0.5, 0.6) is 0 Å². The average Bonchev–Trinajstić information content (AvgIpc) is 2.90. The molecule has 2 rings (SSSR count). The number of nitrogens with zero attached hydrogens (tertiary/aromatic N) is 2. The van der Waals surface area contributed by atoms with E-state index in [0.717, 1.165) is 11.3 Å². The van der Waals surface area contributed by atoms with Crippen molar-refractivity contribution in [1.82, 2.24) is 9.78 Å². The maximum absolute atomic E-state index is 10.4. The Labute approximate surface area is 131 Å². The Morgan fingerprint density at radius 1 is 1.23 bits per heavy atom. The van der Waals surface area contributed by atoms with E-state index >= 15 is 0 Å². The van der Waals surface area contributed by atoms with E-state index in [1.165, 1.54) is 0 Å². The highest BCUT2D eigenvalue weighted by molar-refractivity contribution is 6.60. The third-order valence-corrected chi connectivity index (χ3v) is 4.17. The summed E-state index contributed by atoms with van der Waals surface area (Å²) in [5.74, 6) is 0. The van der Waals surface area contributed by atoms with E-state index in [2.05, 4.69) is 5.10 Å². The summed E-state index contributed by atoms with van der Waals surface area (Å²) in [4.78, 5) is 0. The molecule has 0 aliphatic carbocycles. The van der Waals surface area contributed by atoms with Gasteiger partial charge in [0.25, 0.3) is 0 Å². The number of aliphatic hydroxyl groups is 1. The minimum Gasteiger partial charge on any atom is -0.423 e. The summed E-state index contributed by atoms with van der Waals surface area (Å²) in [6, 6.07) is 7.48. The summed E-state index contributed by atoms with van der Waals surface area (Å²) < 4.78 is 7.44. The second-order valence-corrected chi connectivity index (χ2v) is 6.53. The number of aromatic nitrogens is 2. The van der Waals surface area contributed by atoms with E-state index in [9.17, 15) is 10.1 Å². The van der Waals surface area contributed by atoms with Crippen LogP contribution < -0.4 is 5.46 Å². The van der Waals surface area contributed by atoms with Gasteiger partial charge in [-0.25, -0.2) is 4.68 Å². The van der Waals surface area contributed by atoms with Crippen LogP contribution in [0.2, 0.25) is 0 Å². The minimum absolute atomic E-state index is 0.674. The molecule has 0 bridgehead atoms. The highest BCUT2D eigenvalue weighted by Crippen LogP contribution is 2.25. The van der Waals surface area contributed by atoms with Crippen molar-refractivity contribution >= 4 is 12.6 Å². The monoisotopic (exact) mass is 302 g/mol. The summed E-state index contributed by atoms with van der Waals surface area (Å²) >= 11 is 0. The van der Waals surface area contributed by atoms with Gasteiger partial charge < -0.3 is 14.8 Å². The number of hydrogen-bond acceptors (Lipinski definition) is 4. The lowest BCUT2D eigenvalue weighted by Crippen LogP contribution is -2.53. The van der Waals surface area contributed by atoms with Crippen molar-refractivity contribution in [2.45, 2.75) is 45.8 Å². The standard InChI is InChI=1S/C16H23BN2O3/c1-12-11-13(19-10-6-9-18-19)7-8-14(12)17(21)22-16(4,5)15(2,3)20/h6-11,20-21H,1-5H3. The molecule has 22 heavy (non-hydrogen) atoms. The topological polar surface area (TPSA) is 67.5 Å². The maximum Gasteiger partial charge on any atom is 0.491 e. The Morgan fingerprint density at radius 3 is 2.41 bits per heavy atom. The molecule has 0 fully saturated rings. The molecule has 0 aliphatic heterocycles. The molecule has 0 spiro atoms. The molecule has 5 nitrogen and oxygen atoms in total. The van der Waals surface area contributed by atoms with E-state index in [-0.39, 0.29) is 0 Å². The first-order valence-electron chi connectivity index (χ1n) is 7.31. The maximum atomic E-state index is 10.4. The van der Waals surface area contributed by atoms with Crippen LogP contribution >= 0.6 is 0 Å². The molecular weight excluding hydrogens is 279 g/mol. The van der Waals surface area contributed by atoms with Gasteiger partial charge >= 0.3 is 7.12 Å². The van der Waals surface area contributed by atoms with Crippen LogP contribution in [0.1, 0.15) is 33.3 Å². The Hall–Kier alpha value is -1.63. The molecule has 1 aromatic carbocycles. The lowest BCUT2D eigenvalue weighted by Gasteiger charge is -2.38. The summed E-state index contributed by atoms with van der Waals surface area (Å²) in [5.41, 5.74) is 0.525. The number of aryl methyl sites for hydroxylation is 1. The highest BCUT2D eigenvalue weighted by Gasteiger charge is 2.39. The molecule has 1 aromatic heterocycles. The summed E-state index contributed by atoms with van der Waals surface area (Å²) in [7, 11) is -1.10. The lowest BCUT2D eigenvalue weighted by atomic mass is 9.74. The van der Waals surface area contributed by atoms with Crippen LogP contribution in [0.15, 0.2) is 36.7 Å². The van der Waals surface area contributed by atoms with Crippen LogP contribution in [0.25, 0.3) is 5.69 Å². The molecular formula is C16H23BN2O3. The van der Waals surface area contributed by atoms with Gasteiger partial charge in [-0.05, 0) is 63.8 Å². The summed E-state index contributed by atoms with van der Waals surface area (Å²) in [6.45, 7) is 8.74. The van der Waals surface area contributed by atoms with Gasteiger partial charge in [-0.3, -0.25) is 0 Å². The number of hydrogen-bond donors (Lipinski definition) is 2. The van der Waals surface area contributed by atoms with Crippen LogP contribution in [-0.2, 0) is 4.65 Å². The van der Waals surface area contributed by atoms with Crippen molar-refractivity contribution in [3.8, 4) is 5.69 Å². The zero-order chi connectivity index (χ0) is 16.5. The molecule has 0 atom stereocenters. The molecule has 0 radical (unpaired) electrons. The van der Waals surface area contributed by atoms with Gasteiger partial charge in [0, 0.05) is 12.4 Å². The zero-order valence-corrected chi connectivity index (χ0v) is 13.7. The molecule has 1 heterocycles. The van der Waals surface area contributed by atoms with Gasteiger partial charge in [-0.1, -0.05) is 6.07 Å². The highest BCUT2D eigenvalue weighted by atomic mass is 16.5. The average molecular weight is 302 g/mol. The van der Waals surface area contributed by atoms with E-state index in [1.807, 2.05) is 37.4 Å². The normalized spacial score (nSPS) is 12.5. The molecule has 118 valence electrons. The number of rotatable bonds is 5. The fraction of sp³-hybridized carbons (Fsp3) is 0.438. The Bertz CT molecular complexity index is 633. The Morgan fingerprint density at radius 2 is 1.91 bits per heavy atom. The van der Waals surface area contributed by atoms with Gasteiger partial charge in [0.2, 0.25) is 0 Å². The van der Waals surface area contributed by atoms with Gasteiger partial charge in [-0.15, -0.1) is 0 Å². The van der Waals surface area contributed by atoms with Gasteiger partial charge in [0.05, 0.1) is 16.9 Å². The Kier molecular flexibility index (Phi) is 4.47. The summed E-state index contributed by atoms with van der Waals surface area (Å²) in [5, 5.41) is 24.7. The van der Waals surface area contributed by atoms with Gasteiger partial charge in [0.1, 0.15) is 0 Å². The molecule has 0 aliphatic rings. The largest absolute Gasteiger partial charge is 0.491 e. The predicted octanol–water partition coefficient (Wildman–Crippen LogP) is 1.43. The molecule has 0 amide bonds. The van der Waals surface area contributed by atoms with E-state index in [4.69, 9.17) is 4.65 Å². The fourth-order valence-electron chi connectivity index (χ4n) is 1.99. The van der Waals surface area contributed by atoms with Crippen LogP contribution in [0, 0.1) is 6.92 Å². The minimum atomic E-state index is -1.10. The molecule has 2 aromatic rings. The van der Waals surface area contributed by atoms with Crippen molar-refractivity contribution in [3.05, 3.63) is 42.2 Å². The van der Waals surface area contributed by atoms with E-state index < -0.39 is 18.3 Å². The SMILES string of the molecule is Cc1cc(-n2cccn2)ccc1B(O)OC(C)(C)C(C)(C)O. The third kappa shape index (κ3) is 3.40. The van der Waals surface area contributed by atoms with E-state index in [0.29, 0.717) is 5.46 Å². The van der Waals surface area contributed by atoms with Crippen LogP contribution in [0.3, 0.4) is 0 Å². The predicted molar refractivity (Wildman–Crippen MR) is 87.4 cm³/mol. The molecule has 2 N–H and O–H groups in total. The van der Waals surface area contributed by atoms with Crippen molar-refractivity contribution < 1.29 is 14.8 Å². The van der Waals surface area contributed by atoms with Crippen molar-refractivity contribution in [2.24, 2.45) is 0 Å². The van der Waals surface area contributed by atoms with Crippen molar-refractivity contribution in [3.63, 3.8) is 0 Å². The quantitative estimate of drug-likeness (QED) is 0.820. The first-order chi connectivity index (χ1) is 10.1. The lowest BCUT2D eigenvalue weighted by molar-refractivity contribution is -0.0982. The van der Waals surface area contributed by atoms with Crippen molar-refractivity contribution in [2.75, 3.05) is 0 Å². The molecule has 6 heteroatoms. The van der Waals surface area contributed by atoms with Gasteiger partial charge in [-0.2, -0.15) is 5.10 Å². The second kappa shape index (κ2) is 5.87. The van der Waals surface area contributed by atoms with Crippen LogP contribution in [-0.4, -0.2) is 38.2 Å².